The summed E-state index contributed by atoms with van der Waals surface area (Å²) in [5.41, 5.74) is 0.696. The number of carboxylic acid groups (broad SMARTS) is 1. The van der Waals surface area contributed by atoms with Gasteiger partial charge in [-0.2, -0.15) is 0 Å². The molecule has 8 nitrogen and oxygen atoms in total. The van der Waals surface area contributed by atoms with E-state index < -0.39 is 24.0 Å². The summed E-state index contributed by atoms with van der Waals surface area (Å²) in [6, 6.07) is 12.9. The molecule has 3 rings (SSSR count). The summed E-state index contributed by atoms with van der Waals surface area (Å²) in [6.45, 7) is -0.499. The SMILES string of the molecule is CNC(=O)C(NC(=O)C1(c2ccc(OC)cc2)CC1)c1cccc(OCC(=O)O)c1. The Labute approximate surface area is 174 Å². The van der Waals surface area contributed by atoms with E-state index in [9.17, 15) is 14.4 Å². The average Bonchev–Trinajstić information content (AvgIpc) is 3.58. The molecular weight excluding hydrogens is 388 g/mol. The van der Waals surface area contributed by atoms with Gasteiger partial charge in [0.1, 0.15) is 17.5 Å². The van der Waals surface area contributed by atoms with Crippen molar-refractivity contribution in [3.8, 4) is 11.5 Å². The number of carboxylic acids is 1. The second-order valence-corrected chi connectivity index (χ2v) is 7.09. The molecule has 0 heterocycles. The summed E-state index contributed by atoms with van der Waals surface area (Å²) in [5, 5.41) is 14.2. The van der Waals surface area contributed by atoms with Crippen LogP contribution in [0.4, 0.5) is 0 Å². The van der Waals surface area contributed by atoms with Crippen LogP contribution < -0.4 is 20.1 Å². The van der Waals surface area contributed by atoms with Crippen LogP contribution in [0.1, 0.15) is 30.0 Å². The highest BCUT2D eigenvalue weighted by Crippen LogP contribution is 2.49. The Balaban J connectivity index is 1.81. The quantitative estimate of drug-likeness (QED) is 0.579. The molecule has 3 N–H and O–H groups in total. The van der Waals surface area contributed by atoms with Crippen LogP contribution in [0, 0.1) is 0 Å². The van der Waals surface area contributed by atoms with Gasteiger partial charge in [-0.15, -0.1) is 0 Å². The van der Waals surface area contributed by atoms with Crippen LogP contribution in [-0.2, 0) is 19.8 Å². The van der Waals surface area contributed by atoms with Gasteiger partial charge < -0.3 is 25.2 Å². The van der Waals surface area contributed by atoms with Crippen molar-refractivity contribution in [2.45, 2.75) is 24.3 Å². The number of nitrogens with one attached hydrogen (secondary N) is 2. The van der Waals surface area contributed by atoms with Crippen molar-refractivity contribution in [1.82, 2.24) is 10.6 Å². The van der Waals surface area contributed by atoms with Crippen molar-refractivity contribution < 1.29 is 29.0 Å². The number of amides is 2. The minimum Gasteiger partial charge on any atom is -0.497 e. The van der Waals surface area contributed by atoms with Gasteiger partial charge in [-0.05, 0) is 48.2 Å². The number of aliphatic carboxylic acids is 1. The molecule has 8 heteroatoms. The van der Waals surface area contributed by atoms with Gasteiger partial charge in [0.25, 0.3) is 0 Å². The van der Waals surface area contributed by atoms with Crippen molar-refractivity contribution in [1.29, 1.82) is 0 Å². The topological polar surface area (TPSA) is 114 Å². The number of carbonyl (C=O) groups is 3. The fraction of sp³-hybridized carbons (Fsp3) is 0.318. The summed E-state index contributed by atoms with van der Waals surface area (Å²) in [5.74, 6) is -0.722. The summed E-state index contributed by atoms with van der Waals surface area (Å²) < 4.78 is 10.4. The van der Waals surface area contributed by atoms with Gasteiger partial charge >= 0.3 is 5.97 Å². The molecule has 0 saturated heterocycles. The first kappa shape index (κ1) is 21.2. The van der Waals surface area contributed by atoms with Crippen LogP contribution in [0.2, 0.25) is 0 Å². The fourth-order valence-corrected chi connectivity index (χ4v) is 3.32. The molecule has 0 aliphatic heterocycles. The molecule has 158 valence electrons. The monoisotopic (exact) mass is 412 g/mol. The zero-order valence-corrected chi connectivity index (χ0v) is 16.8. The summed E-state index contributed by atoms with van der Waals surface area (Å²) in [6.07, 6.45) is 1.38. The molecule has 2 amide bonds. The average molecular weight is 412 g/mol. The highest BCUT2D eigenvalue weighted by Gasteiger charge is 2.52. The second kappa shape index (κ2) is 8.86. The van der Waals surface area contributed by atoms with E-state index >= 15 is 0 Å². The lowest BCUT2D eigenvalue weighted by atomic mass is 9.94. The third kappa shape index (κ3) is 4.53. The Bertz CT molecular complexity index is 937. The molecule has 1 aliphatic carbocycles. The van der Waals surface area contributed by atoms with Crippen LogP contribution in [-0.4, -0.2) is 43.7 Å². The number of ether oxygens (including phenoxy) is 2. The number of hydrogen-bond donors (Lipinski definition) is 3. The lowest BCUT2D eigenvalue weighted by molar-refractivity contribution is -0.139. The second-order valence-electron chi connectivity index (χ2n) is 7.09. The molecule has 1 saturated carbocycles. The van der Waals surface area contributed by atoms with Gasteiger partial charge in [0.05, 0.1) is 12.5 Å². The molecule has 0 spiro atoms. The minimum atomic E-state index is -1.10. The molecular formula is C22H24N2O6. The molecule has 0 radical (unpaired) electrons. The standard InChI is InChI=1S/C22H24N2O6/c1-23-20(27)19(14-4-3-5-17(12-14)30-13-18(25)26)24-21(28)22(10-11-22)15-6-8-16(29-2)9-7-15/h3-9,12,19H,10-11,13H2,1-2H3,(H,23,27)(H,24,28)(H,25,26). The molecule has 1 aliphatic rings. The van der Waals surface area contributed by atoms with Gasteiger partial charge in [-0.3, -0.25) is 9.59 Å². The van der Waals surface area contributed by atoms with Gasteiger partial charge in [0.2, 0.25) is 11.8 Å². The summed E-state index contributed by atoms with van der Waals surface area (Å²) >= 11 is 0. The number of methoxy groups -OCH3 is 1. The van der Waals surface area contributed by atoms with Gasteiger partial charge in [0.15, 0.2) is 6.61 Å². The first-order valence-electron chi connectivity index (χ1n) is 9.51. The number of carbonyl (C=O) groups excluding carboxylic acids is 2. The van der Waals surface area contributed by atoms with E-state index in [-0.39, 0.29) is 11.8 Å². The van der Waals surface area contributed by atoms with Crippen molar-refractivity contribution in [2.75, 3.05) is 20.8 Å². The zero-order chi connectivity index (χ0) is 21.7. The van der Waals surface area contributed by atoms with E-state index in [1.165, 1.54) is 7.05 Å². The van der Waals surface area contributed by atoms with E-state index in [4.69, 9.17) is 14.6 Å². The molecule has 1 atom stereocenters. The molecule has 1 fully saturated rings. The van der Waals surface area contributed by atoms with Crippen LogP contribution in [0.5, 0.6) is 11.5 Å². The largest absolute Gasteiger partial charge is 0.497 e. The number of hydrogen-bond acceptors (Lipinski definition) is 5. The Kier molecular flexibility index (Phi) is 6.25. The Morgan fingerprint density at radius 2 is 1.80 bits per heavy atom. The molecule has 2 aromatic carbocycles. The van der Waals surface area contributed by atoms with Crippen molar-refractivity contribution in [2.24, 2.45) is 0 Å². The fourth-order valence-electron chi connectivity index (χ4n) is 3.32. The molecule has 2 aromatic rings. The first-order valence-corrected chi connectivity index (χ1v) is 9.51. The zero-order valence-electron chi connectivity index (χ0n) is 16.8. The Hall–Kier alpha value is -3.55. The van der Waals surface area contributed by atoms with Gasteiger partial charge in [0, 0.05) is 7.05 Å². The van der Waals surface area contributed by atoms with Gasteiger partial charge in [-0.25, -0.2) is 4.79 Å². The third-order valence-electron chi connectivity index (χ3n) is 5.17. The normalized spacial score (nSPS) is 14.9. The Morgan fingerprint density at radius 1 is 1.10 bits per heavy atom. The van der Waals surface area contributed by atoms with E-state index in [2.05, 4.69) is 10.6 Å². The van der Waals surface area contributed by atoms with Crippen LogP contribution in [0.15, 0.2) is 48.5 Å². The molecule has 30 heavy (non-hydrogen) atoms. The number of likely N-dealkylation sites (N-methyl/N-ethyl adjacent to an activating group) is 1. The van der Waals surface area contributed by atoms with Crippen molar-refractivity contribution >= 4 is 17.8 Å². The smallest absolute Gasteiger partial charge is 0.341 e. The van der Waals surface area contributed by atoms with E-state index in [0.717, 1.165) is 5.56 Å². The van der Waals surface area contributed by atoms with Crippen molar-refractivity contribution in [3.05, 3.63) is 59.7 Å². The predicted octanol–water partition coefficient (Wildman–Crippen LogP) is 1.79. The maximum absolute atomic E-state index is 13.2. The number of benzene rings is 2. The maximum atomic E-state index is 13.2. The first-order chi connectivity index (χ1) is 14.4. The van der Waals surface area contributed by atoms with Crippen LogP contribution >= 0.6 is 0 Å². The molecule has 0 bridgehead atoms. The van der Waals surface area contributed by atoms with Gasteiger partial charge in [-0.1, -0.05) is 24.3 Å². The van der Waals surface area contributed by atoms with E-state index in [1.807, 2.05) is 24.3 Å². The maximum Gasteiger partial charge on any atom is 0.341 e. The summed E-state index contributed by atoms with van der Waals surface area (Å²) in [7, 11) is 3.07. The van der Waals surface area contributed by atoms with E-state index in [1.54, 1.807) is 31.4 Å². The Morgan fingerprint density at radius 3 is 2.37 bits per heavy atom. The summed E-state index contributed by atoms with van der Waals surface area (Å²) in [4.78, 5) is 36.4. The number of rotatable bonds is 9. The van der Waals surface area contributed by atoms with Crippen LogP contribution in [0.25, 0.3) is 0 Å². The highest BCUT2D eigenvalue weighted by molar-refractivity contribution is 5.95. The predicted molar refractivity (Wildman–Crippen MR) is 108 cm³/mol. The van der Waals surface area contributed by atoms with E-state index in [0.29, 0.717) is 29.9 Å². The molecule has 0 aromatic heterocycles. The third-order valence-corrected chi connectivity index (χ3v) is 5.17. The van der Waals surface area contributed by atoms with Crippen LogP contribution in [0.3, 0.4) is 0 Å². The van der Waals surface area contributed by atoms with Crippen molar-refractivity contribution in [3.63, 3.8) is 0 Å². The minimum absolute atomic E-state index is 0.238. The lowest BCUT2D eigenvalue weighted by Gasteiger charge is -2.22. The lowest BCUT2D eigenvalue weighted by Crippen LogP contribution is -2.43. The molecule has 1 unspecified atom stereocenters. The highest BCUT2D eigenvalue weighted by atomic mass is 16.5.